The van der Waals surface area contributed by atoms with E-state index in [2.05, 4.69) is 26.0 Å². The number of rotatable bonds is 5. The minimum Gasteiger partial charge on any atom is -0.491 e. The van der Waals surface area contributed by atoms with Crippen molar-refractivity contribution in [3.8, 4) is 0 Å². The topological polar surface area (TPSA) is 21.6 Å². The molecule has 2 rings (SSSR count). The van der Waals surface area contributed by atoms with E-state index >= 15 is 0 Å². The molecule has 0 heterocycles. The Morgan fingerprint density at radius 1 is 1.11 bits per heavy atom. The number of benzene rings is 1. The van der Waals surface area contributed by atoms with Gasteiger partial charge in [-0.15, -0.1) is 0 Å². The molecule has 0 amide bonds. The minimum atomic E-state index is -1.08. The van der Waals surface area contributed by atoms with Crippen LogP contribution in [0.15, 0.2) is 59.6 Å². The molecule has 0 saturated carbocycles. The van der Waals surface area contributed by atoms with Crippen LogP contribution in [0.25, 0.3) is 0 Å². The molecular weight excluding hydrogens is 249 g/mol. The fraction of sp³-hybridized carbons (Fsp3) is 0.312. The Kier molecular flexibility index (Phi) is 5.60. The highest BCUT2D eigenvalue weighted by Gasteiger charge is 2.22. The zero-order valence-electron chi connectivity index (χ0n) is 11.6. The monoisotopic (exact) mass is 269 g/mol. The van der Waals surface area contributed by atoms with Gasteiger partial charge in [0.05, 0.1) is 17.5 Å². The molecule has 1 unspecified atom stereocenters. The summed E-state index contributed by atoms with van der Waals surface area (Å²) in [6.45, 7) is 4.44. The Hall–Kier alpha value is -1.14. The van der Waals surface area contributed by atoms with E-state index in [1.165, 1.54) is 10.6 Å². The summed E-state index contributed by atoms with van der Waals surface area (Å²) in [6.07, 6.45) is 8.25. The lowest BCUT2D eigenvalue weighted by molar-refractivity contribution is 0.315. The van der Waals surface area contributed by atoms with Gasteiger partial charge in [-0.05, 0) is 18.2 Å². The van der Waals surface area contributed by atoms with Crippen LogP contribution in [-0.2, 0) is 3.79 Å². The zero-order valence-corrected chi connectivity index (χ0v) is 12.8. The van der Waals surface area contributed by atoms with Crippen LogP contribution in [0.5, 0.6) is 0 Å². The number of hydrogen-bond acceptors (Lipinski definition) is 2. The van der Waals surface area contributed by atoms with Gasteiger partial charge >= 0.3 is 14.5 Å². The molecule has 19 heavy (non-hydrogen) atoms. The summed E-state index contributed by atoms with van der Waals surface area (Å²) in [5, 5.41) is 2.34. The second-order valence-corrected chi connectivity index (χ2v) is 7.76. The Morgan fingerprint density at radius 2 is 1.84 bits per heavy atom. The summed E-state index contributed by atoms with van der Waals surface area (Å²) >= 11 is -1.08. The number of hydrogen-bond donors (Lipinski definition) is 0. The molecule has 1 aliphatic rings. The maximum absolute atomic E-state index is 6.24. The molecule has 0 aromatic heterocycles. The lowest BCUT2D eigenvalue weighted by atomic mass is 10.1. The number of nitrogens with zero attached hydrogens (tertiary/aromatic N) is 1. The summed E-state index contributed by atoms with van der Waals surface area (Å²) in [5.41, 5.74) is 1.99. The van der Waals surface area contributed by atoms with Crippen molar-refractivity contribution in [3.05, 3.63) is 54.6 Å². The van der Waals surface area contributed by atoms with Gasteiger partial charge in [-0.2, -0.15) is 0 Å². The largest absolute Gasteiger partial charge is 0.491 e. The van der Waals surface area contributed by atoms with E-state index in [9.17, 15) is 0 Å². The first-order valence-corrected chi connectivity index (χ1v) is 9.08. The van der Waals surface area contributed by atoms with E-state index < -0.39 is 14.5 Å². The van der Waals surface area contributed by atoms with Crippen LogP contribution >= 0.6 is 0 Å². The molecule has 2 nitrogen and oxygen atoms in total. The standard InChI is InChI=1S/C12H10NO.2C2H5.Al/c14-12-9-5-4-8-11(12)13-10-6-2-1-3-7-10;2*1-2;/h1-9,12H;2*1H2,2H3;/q-1;;;+1. The third-order valence-corrected chi connectivity index (χ3v) is 5.72. The lowest BCUT2D eigenvalue weighted by Gasteiger charge is -2.21. The van der Waals surface area contributed by atoms with Gasteiger partial charge in [0.15, 0.2) is 0 Å². The highest BCUT2D eigenvalue weighted by Crippen LogP contribution is 2.16. The van der Waals surface area contributed by atoms with Crippen molar-refractivity contribution < 1.29 is 3.79 Å². The molecule has 0 radical (unpaired) electrons. The maximum Gasteiger partial charge on any atom is 0.460 e. The lowest BCUT2D eigenvalue weighted by Crippen LogP contribution is -2.29. The Bertz CT molecular complexity index is 475. The number of allylic oxidation sites excluding steroid dienone is 2. The molecule has 1 aromatic rings. The highest BCUT2D eigenvalue weighted by molar-refractivity contribution is 6.52. The van der Waals surface area contributed by atoms with E-state index in [0.717, 1.165) is 11.4 Å². The minimum absolute atomic E-state index is 0.0294. The third kappa shape index (κ3) is 4.18. The van der Waals surface area contributed by atoms with E-state index in [1.54, 1.807) is 0 Å². The number of para-hydroxylation sites is 1. The summed E-state index contributed by atoms with van der Waals surface area (Å²) in [5.74, 6) is 0. The van der Waals surface area contributed by atoms with Crippen molar-refractivity contribution in [2.75, 3.05) is 0 Å². The Morgan fingerprint density at radius 3 is 2.53 bits per heavy atom. The second-order valence-electron chi connectivity index (χ2n) is 4.61. The van der Waals surface area contributed by atoms with Crippen molar-refractivity contribution in [2.24, 2.45) is 4.99 Å². The van der Waals surface area contributed by atoms with Crippen molar-refractivity contribution in [2.45, 2.75) is 30.5 Å². The van der Waals surface area contributed by atoms with Crippen molar-refractivity contribution in [1.82, 2.24) is 0 Å². The molecule has 1 atom stereocenters. The van der Waals surface area contributed by atoms with Crippen molar-refractivity contribution >= 4 is 25.9 Å². The quantitative estimate of drug-likeness (QED) is 0.730. The van der Waals surface area contributed by atoms with Gasteiger partial charge < -0.3 is 3.79 Å². The summed E-state index contributed by atoms with van der Waals surface area (Å²) < 4.78 is 6.24. The molecule has 0 N–H and O–H groups in total. The van der Waals surface area contributed by atoms with Crippen LogP contribution in [0.4, 0.5) is 5.69 Å². The highest BCUT2D eigenvalue weighted by atomic mass is 27.2. The fourth-order valence-corrected chi connectivity index (χ4v) is 3.68. The predicted molar refractivity (Wildman–Crippen MR) is 83.4 cm³/mol. The van der Waals surface area contributed by atoms with E-state index in [1.807, 2.05) is 42.5 Å². The van der Waals surface area contributed by atoms with Crippen LogP contribution in [0.3, 0.4) is 0 Å². The summed E-state index contributed by atoms with van der Waals surface area (Å²) in [6, 6.07) is 10.1. The van der Waals surface area contributed by atoms with Gasteiger partial charge in [-0.1, -0.05) is 60.8 Å². The zero-order chi connectivity index (χ0) is 13.5. The molecule has 0 saturated heterocycles. The van der Waals surface area contributed by atoms with Crippen molar-refractivity contribution in [3.63, 3.8) is 0 Å². The second kappa shape index (κ2) is 7.45. The van der Waals surface area contributed by atoms with E-state index in [0.29, 0.717) is 0 Å². The maximum atomic E-state index is 6.24. The third-order valence-electron chi connectivity index (χ3n) is 3.22. The van der Waals surface area contributed by atoms with Crippen LogP contribution in [-0.4, -0.2) is 26.3 Å². The van der Waals surface area contributed by atoms with Crippen LogP contribution < -0.4 is 0 Å². The summed E-state index contributed by atoms with van der Waals surface area (Å²) in [7, 11) is 0. The Balaban J connectivity index is 2.15. The molecule has 0 spiro atoms. The average Bonchev–Trinajstić information content (AvgIpc) is 2.47. The van der Waals surface area contributed by atoms with Gasteiger partial charge in [0.25, 0.3) is 0 Å². The molecule has 0 aliphatic heterocycles. The van der Waals surface area contributed by atoms with Gasteiger partial charge in [0, 0.05) is 0 Å². The van der Waals surface area contributed by atoms with Crippen LogP contribution in [0, 0.1) is 0 Å². The van der Waals surface area contributed by atoms with Crippen LogP contribution in [0.2, 0.25) is 10.6 Å². The number of aliphatic imine (C=N–C) groups is 1. The normalized spacial score (nSPS) is 19.9. The average molecular weight is 269 g/mol. The van der Waals surface area contributed by atoms with Gasteiger partial charge in [0.2, 0.25) is 0 Å². The fourth-order valence-electron chi connectivity index (χ4n) is 2.07. The molecule has 0 bridgehead atoms. The van der Waals surface area contributed by atoms with Gasteiger partial charge in [0.1, 0.15) is 0 Å². The van der Waals surface area contributed by atoms with E-state index in [-0.39, 0.29) is 6.10 Å². The van der Waals surface area contributed by atoms with Crippen LogP contribution in [0.1, 0.15) is 13.8 Å². The molecule has 1 aromatic carbocycles. The molecule has 0 fully saturated rings. The molecule has 3 heteroatoms. The molecule has 1 aliphatic carbocycles. The van der Waals surface area contributed by atoms with Crippen molar-refractivity contribution in [1.29, 1.82) is 0 Å². The SMILES string of the molecule is C[CH2][Al]([CH2]C)[O]C1C=CC=CC1=Nc1ccccc1. The molecular formula is C16H20AlNO. The first kappa shape index (κ1) is 14.3. The first-order valence-electron chi connectivity index (χ1n) is 6.97. The Labute approximate surface area is 120 Å². The van der Waals surface area contributed by atoms with E-state index in [4.69, 9.17) is 8.78 Å². The molecule has 98 valence electrons. The van der Waals surface area contributed by atoms with Gasteiger partial charge in [-0.25, -0.2) is 0 Å². The van der Waals surface area contributed by atoms with Gasteiger partial charge in [-0.3, -0.25) is 4.99 Å². The first-order chi connectivity index (χ1) is 9.33. The predicted octanol–water partition coefficient (Wildman–Crippen LogP) is 4.30. The smallest absolute Gasteiger partial charge is 0.460 e. The summed E-state index contributed by atoms with van der Waals surface area (Å²) in [4.78, 5) is 4.70.